The van der Waals surface area contributed by atoms with Crippen LogP contribution in [0.1, 0.15) is 27.0 Å². The summed E-state index contributed by atoms with van der Waals surface area (Å²) in [6, 6.07) is 14.1. The summed E-state index contributed by atoms with van der Waals surface area (Å²) in [5.74, 6) is 0.0186. The lowest BCUT2D eigenvalue weighted by molar-refractivity contribution is 0.0827. The molecule has 0 heterocycles. The standard InChI is InChI=1S/C18H22N2O/c1-13-8-14(2)10-15(9-13)12-19-17-7-5-6-16(11-17)18(21)20(3)4/h5-11,19H,12H2,1-4H3. The molecule has 1 amide bonds. The molecule has 1 N–H and O–H groups in total. The molecule has 0 aliphatic carbocycles. The molecule has 0 saturated carbocycles. The number of carbonyl (C=O) groups is 1. The summed E-state index contributed by atoms with van der Waals surface area (Å²) in [5.41, 5.74) is 5.44. The Hall–Kier alpha value is -2.29. The SMILES string of the molecule is Cc1cc(C)cc(CNc2cccc(C(=O)N(C)C)c2)c1. The number of amides is 1. The Labute approximate surface area is 126 Å². The lowest BCUT2D eigenvalue weighted by Crippen LogP contribution is -2.21. The number of benzene rings is 2. The summed E-state index contributed by atoms with van der Waals surface area (Å²) in [6.45, 7) is 4.96. The maximum atomic E-state index is 12.0. The number of nitrogens with one attached hydrogen (secondary N) is 1. The Balaban J connectivity index is 2.10. The second-order valence-electron chi connectivity index (χ2n) is 5.63. The molecule has 0 saturated heterocycles. The molecule has 0 bridgehead atoms. The topological polar surface area (TPSA) is 32.3 Å². The number of nitrogens with zero attached hydrogens (tertiary/aromatic N) is 1. The van der Waals surface area contributed by atoms with Gasteiger partial charge in [-0.25, -0.2) is 0 Å². The number of carbonyl (C=O) groups excluding carboxylic acids is 1. The fraction of sp³-hybridized carbons (Fsp3) is 0.278. The highest BCUT2D eigenvalue weighted by Crippen LogP contribution is 2.15. The lowest BCUT2D eigenvalue weighted by Gasteiger charge is -2.12. The average Bonchev–Trinajstić information content (AvgIpc) is 2.43. The van der Waals surface area contributed by atoms with E-state index in [1.807, 2.05) is 24.3 Å². The summed E-state index contributed by atoms with van der Waals surface area (Å²) in [6.07, 6.45) is 0. The first-order valence-corrected chi connectivity index (χ1v) is 7.08. The van der Waals surface area contributed by atoms with Crippen molar-refractivity contribution in [3.63, 3.8) is 0 Å². The highest BCUT2D eigenvalue weighted by Gasteiger charge is 2.08. The summed E-state index contributed by atoms with van der Waals surface area (Å²) >= 11 is 0. The van der Waals surface area contributed by atoms with E-state index in [9.17, 15) is 4.79 Å². The number of aryl methyl sites for hydroxylation is 2. The van der Waals surface area contributed by atoms with Gasteiger partial charge in [0, 0.05) is 31.9 Å². The zero-order chi connectivity index (χ0) is 15.4. The van der Waals surface area contributed by atoms with Gasteiger partial charge < -0.3 is 10.2 Å². The smallest absolute Gasteiger partial charge is 0.253 e. The fourth-order valence-corrected chi connectivity index (χ4v) is 2.40. The Morgan fingerprint density at radius 1 is 1.05 bits per heavy atom. The van der Waals surface area contributed by atoms with Gasteiger partial charge in [0.15, 0.2) is 0 Å². The quantitative estimate of drug-likeness (QED) is 0.929. The predicted molar refractivity (Wildman–Crippen MR) is 87.7 cm³/mol. The van der Waals surface area contributed by atoms with Gasteiger partial charge in [0.2, 0.25) is 0 Å². The van der Waals surface area contributed by atoms with Crippen LogP contribution in [-0.4, -0.2) is 24.9 Å². The van der Waals surface area contributed by atoms with Gasteiger partial charge in [0.25, 0.3) is 5.91 Å². The lowest BCUT2D eigenvalue weighted by atomic mass is 10.1. The van der Waals surface area contributed by atoms with Crippen molar-refractivity contribution in [3.05, 3.63) is 64.7 Å². The van der Waals surface area contributed by atoms with Crippen molar-refractivity contribution < 1.29 is 4.79 Å². The maximum absolute atomic E-state index is 12.0. The van der Waals surface area contributed by atoms with E-state index in [1.54, 1.807) is 19.0 Å². The number of rotatable bonds is 4. The minimum absolute atomic E-state index is 0.0186. The van der Waals surface area contributed by atoms with Crippen molar-refractivity contribution >= 4 is 11.6 Å². The van der Waals surface area contributed by atoms with Crippen molar-refractivity contribution in [1.29, 1.82) is 0 Å². The van der Waals surface area contributed by atoms with Crippen molar-refractivity contribution in [2.24, 2.45) is 0 Å². The summed E-state index contributed by atoms with van der Waals surface area (Å²) in [7, 11) is 3.52. The Kier molecular flexibility index (Phi) is 4.63. The van der Waals surface area contributed by atoms with Crippen LogP contribution in [0.25, 0.3) is 0 Å². The molecule has 0 atom stereocenters. The van der Waals surface area contributed by atoms with Gasteiger partial charge >= 0.3 is 0 Å². The van der Waals surface area contributed by atoms with Crippen molar-refractivity contribution in [2.75, 3.05) is 19.4 Å². The van der Waals surface area contributed by atoms with E-state index in [2.05, 4.69) is 37.4 Å². The summed E-state index contributed by atoms with van der Waals surface area (Å²) in [4.78, 5) is 13.5. The number of hydrogen-bond donors (Lipinski definition) is 1. The first-order chi connectivity index (χ1) is 9.95. The molecule has 0 unspecified atom stereocenters. The minimum Gasteiger partial charge on any atom is -0.381 e. The molecular formula is C18H22N2O. The van der Waals surface area contributed by atoms with Crippen LogP contribution in [0.2, 0.25) is 0 Å². The van der Waals surface area contributed by atoms with E-state index in [4.69, 9.17) is 0 Å². The Bertz CT molecular complexity index is 627. The molecule has 0 fully saturated rings. The van der Waals surface area contributed by atoms with Gasteiger partial charge in [-0.05, 0) is 37.6 Å². The van der Waals surface area contributed by atoms with E-state index in [0.717, 1.165) is 12.2 Å². The first kappa shape index (κ1) is 15.1. The molecule has 3 heteroatoms. The van der Waals surface area contributed by atoms with Crippen molar-refractivity contribution in [1.82, 2.24) is 4.90 Å². The third kappa shape index (κ3) is 4.09. The zero-order valence-corrected chi connectivity index (χ0v) is 13.1. The van der Waals surface area contributed by atoms with Gasteiger partial charge in [0.05, 0.1) is 0 Å². The minimum atomic E-state index is 0.0186. The van der Waals surface area contributed by atoms with Crippen molar-refractivity contribution in [2.45, 2.75) is 20.4 Å². The predicted octanol–water partition coefficient (Wildman–Crippen LogP) is 3.62. The van der Waals surface area contributed by atoms with Gasteiger partial charge in [-0.3, -0.25) is 4.79 Å². The number of anilines is 1. The summed E-state index contributed by atoms with van der Waals surface area (Å²) in [5, 5.41) is 3.38. The zero-order valence-electron chi connectivity index (χ0n) is 13.1. The molecule has 0 aromatic heterocycles. The Morgan fingerprint density at radius 2 is 1.71 bits per heavy atom. The monoisotopic (exact) mass is 282 g/mol. The van der Waals surface area contributed by atoms with E-state index in [1.165, 1.54) is 16.7 Å². The molecule has 2 rings (SSSR count). The van der Waals surface area contributed by atoms with E-state index >= 15 is 0 Å². The maximum Gasteiger partial charge on any atom is 0.253 e. The molecule has 110 valence electrons. The largest absolute Gasteiger partial charge is 0.381 e. The van der Waals surface area contributed by atoms with Crippen LogP contribution in [0.3, 0.4) is 0 Å². The van der Waals surface area contributed by atoms with Gasteiger partial charge in [0.1, 0.15) is 0 Å². The highest BCUT2D eigenvalue weighted by molar-refractivity contribution is 5.94. The Morgan fingerprint density at radius 3 is 2.33 bits per heavy atom. The first-order valence-electron chi connectivity index (χ1n) is 7.08. The van der Waals surface area contributed by atoms with Crippen LogP contribution in [0.4, 0.5) is 5.69 Å². The normalized spacial score (nSPS) is 10.3. The summed E-state index contributed by atoms with van der Waals surface area (Å²) < 4.78 is 0. The second-order valence-corrected chi connectivity index (χ2v) is 5.63. The molecule has 21 heavy (non-hydrogen) atoms. The molecule has 0 aliphatic rings. The highest BCUT2D eigenvalue weighted by atomic mass is 16.2. The molecule has 0 aliphatic heterocycles. The fourth-order valence-electron chi connectivity index (χ4n) is 2.40. The van der Waals surface area contributed by atoms with Crippen molar-refractivity contribution in [3.8, 4) is 0 Å². The molecule has 3 nitrogen and oxygen atoms in total. The molecule has 0 spiro atoms. The van der Waals surface area contributed by atoms with Gasteiger partial charge in [-0.2, -0.15) is 0 Å². The molecule has 0 radical (unpaired) electrons. The van der Waals surface area contributed by atoms with Crippen LogP contribution >= 0.6 is 0 Å². The molecular weight excluding hydrogens is 260 g/mol. The second kappa shape index (κ2) is 6.44. The third-order valence-electron chi connectivity index (χ3n) is 3.29. The van der Waals surface area contributed by atoms with Crippen LogP contribution in [0.5, 0.6) is 0 Å². The van der Waals surface area contributed by atoms with E-state index < -0.39 is 0 Å². The van der Waals surface area contributed by atoms with Gasteiger partial charge in [-0.1, -0.05) is 35.4 Å². The average molecular weight is 282 g/mol. The van der Waals surface area contributed by atoms with E-state index in [-0.39, 0.29) is 5.91 Å². The van der Waals surface area contributed by atoms with E-state index in [0.29, 0.717) is 5.56 Å². The van der Waals surface area contributed by atoms with Crippen LogP contribution in [0.15, 0.2) is 42.5 Å². The molecule has 2 aromatic carbocycles. The van der Waals surface area contributed by atoms with Gasteiger partial charge in [-0.15, -0.1) is 0 Å². The van der Waals surface area contributed by atoms with Crippen LogP contribution in [-0.2, 0) is 6.54 Å². The third-order valence-corrected chi connectivity index (χ3v) is 3.29. The van der Waals surface area contributed by atoms with Crippen LogP contribution < -0.4 is 5.32 Å². The van der Waals surface area contributed by atoms with Crippen LogP contribution in [0, 0.1) is 13.8 Å². The molecule has 2 aromatic rings. The number of hydrogen-bond acceptors (Lipinski definition) is 2.